The summed E-state index contributed by atoms with van der Waals surface area (Å²) in [6.45, 7) is 2.08. The van der Waals surface area contributed by atoms with E-state index >= 15 is 8.78 Å². The molecule has 0 bridgehead atoms. The molecule has 288 valence electrons. The lowest BCUT2D eigenvalue weighted by Gasteiger charge is -2.21. The Bertz CT molecular complexity index is 2540. The van der Waals surface area contributed by atoms with Gasteiger partial charge in [0.1, 0.15) is 40.9 Å². The monoisotopic (exact) mass is 804 g/mol. The van der Waals surface area contributed by atoms with Gasteiger partial charge in [-0.1, -0.05) is 23.6 Å². The minimum absolute atomic E-state index is 0.0346. The largest absolute Gasteiger partial charge is 0.378 e. The highest BCUT2D eigenvalue weighted by molar-refractivity contribution is 7.92. The number of Topliss-reactive ketones (excluding diaryl/α,β-unsaturated/α-hetero) is 1. The Morgan fingerprint density at radius 2 is 1.82 bits per heavy atom. The van der Waals surface area contributed by atoms with E-state index in [1.807, 2.05) is 0 Å². The van der Waals surface area contributed by atoms with Gasteiger partial charge in [0.25, 0.3) is 12.3 Å². The topological polar surface area (TPSA) is 143 Å². The van der Waals surface area contributed by atoms with E-state index in [2.05, 4.69) is 31.9 Å². The molecular formula is C37H31ClF6N6O4S. The van der Waals surface area contributed by atoms with E-state index < -0.39 is 87.5 Å². The number of nitrogens with one attached hydrogen (secondary N) is 2. The number of H-pyrrole nitrogens is 1. The van der Waals surface area contributed by atoms with Crippen molar-refractivity contribution < 1.29 is 44.7 Å². The molecule has 3 aromatic heterocycles. The Balaban J connectivity index is 1.37. The minimum Gasteiger partial charge on any atom is -0.378 e. The second kappa shape index (κ2) is 13.7. The van der Waals surface area contributed by atoms with Crippen molar-refractivity contribution in [3.8, 4) is 23.0 Å². The van der Waals surface area contributed by atoms with Crippen LogP contribution in [0.4, 0.5) is 32.2 Å². The third-order valence-electron chi connectivity index (χ3n) is 9.42. The first-order valence-corrected chi connectivity index (χ1v) is 19.1. The second-order valence-electron chi connectivity index (χ2n) is 14.3. The number of halogens is 7. The SMILES string of the molecule is CC(C)(O)C#Cc1ccc(-c2ccc(Cl)c3c(NS(C)(=O)=O)n[nH]c23)c([C@@H](CC(=O)Cn2nc(C(F)F)c3c2C(F)(F)[C@@H]2C[C@H]32)Cc2cc(F)cc(F)c2)n1. The number of pyridine rings is 1. The van der Waals surface area contributed by atoms with E-state index in [0.29, 0.717) is 21.9 Å². The van der Waals surface area contributed by atoms with Crippen molar-refractivity contribution in [3.05, 3.63) is 93.0 Å². The Morgan fingerprint density at radius 3 is 2.47 bits per heavy atom. The summed E-state index contributed by atoms with van der Waals surface area (Å²) >= 11 is 6.50. The van der Waals surface area contributed by atoms with E-state index in [0.717, 1.165) is 18.4 Å². The lowest BCUT2D eigenvalue weighted by atomic mass is 9.86. The number of carbonyl (C=O) groups excluding carboxylic acids is 1. The molecule has 18 heteroatoms. The van der Waals surface area contributed by atoms with Crippen LogP contribution in [0.25, 0.3) is 22.0 Å². The Morgan fingerprint density at radius 1 is 1.13 bits per heavy atom. The molecule has 7 rings (SSSR count). The van der Waals surface area contributed by atoms with Gasteiger partial charge in [-0.15, -0.1) is 0 Å². The summed E-state index contributed by atoms with van der Waals surface area (Å²) in [5.74, 6) is -3.72. The maximum atomic E-state index is 15.4. The number of aromatic nitrogens is 5. The quantitative estimate of drug-likeness (QED) is 0.0935. The first kappa shape index (κ1) is 38.4. The molecule has 2 aliphatic carbocycles. The first-order valence-electron chi connectivity index (χ1n) is 16.8. The maximum Gasteiger partial charge on any atom is 0.293 e. The average molecular weight is 805 g/mol. The lowest BCUT2D eigenvalue weighted by molar-refractivity contribution is -0.120. The maximum absolute atomic E-state index is 15.4. The molecule has 2 aliphatic rings. The number of hydrogen-bond acceptors (Lipinski definition) is 7. The Labute approximate surface area is 315 Å². The van der Waals surface area contributed by atoms with Gasteiger partial charge in [0.2, 0.25) is 10.0 Å². The highest BCUT2D eigenvalue weighted by Gasteiger charge is 2.67. The van der Waals surface area contributed by atoms with Crippen molar-refractivity contribution in [1.82, 2.24) is 25.0 Å². The zero-order valence-corrected chi connectivity index (χ0v) is 30.8. The van der Waals surface area contributed by atoms with Gasteiger partial charge in [-0.2, -0.15) is 19.0 Å². The van der Waals surface area contributed by atoms with Gasteiger partial charge in [-0.25, -0.2) is 31.0 Å². The number of carbonyl (C=O) groups is 1. The number of sulfonamides is 1. The average Bonchev–Trinajstić information content (AvgIpc) is 3.54. The minimum atomic E-state index is -3.81. The number of anilines is 1. The van der Waals surface area contributed by atoms with Gasteiger partial charge >= 0.3 is 0 Å². The fraction of sp³-hybridized carbons (Fsp3) is 0.351. The summed E-state index contributed by atoms with van der Waals surface area (Å²) in [4.78, 5) is 18.7. The van der Waals surface area contributed by atoms with Crippen LogP contribution in [-0.4, -0.2) is 56.1 Å². The molecule has 3 N–H and O–H groups in total. The predicted octanol–water partition coefficient (Wildman–Crippen LogP) is 7.38. The van der Waals surface area contributed by atoms with Gasteiger partial charge in [-0.05, 0) is 74.4 Å². The molecule has 0 unspecified atom stereocenters. The number of benzene rings is 2. The molecule has 3 atom stereocenters. The number of rotatable bonds is 11. The fourth-order valence-corrected chi connectivity index (χ4v) is 7.98. The zero-order chi connectivity index (χ0) is 39.8. The summed E-state index contributed by atoms with van der Waals surface area (Å²) in [6.07, 6.45) is -2.93. The second-order valence-corrected chi connectivity index (χ2v) is 16.5. The molecule has 0 radical (unpaired) electrons. The molecule has 0 saturated heterocycles. The van der Waals surface area contributed by atoms with Crippen LogP contribution >= 0.6 is 11.6 Å². The smallest absolute Gasteiger partial charge is 0.293 e. The Kier molecular flexibility index (Phi) is 9.54. The van der Waals surface area contributed by atoms with Crippen LogP contribution in [0, 0.1) is 29.4 Å². The summed E-state index contributed by atoms with van der Waals surface area (Å²) in [6, 6.07) is 8.90. The third kappa shape index (κ3) is 7.67. The molecule has 0 amide bonds. The van der Waals surface area contributed by atoms with Crippen LogP contribution in [0.2, 0.25) is 5.02 Å². The van der Waals surface area contributed by atoms with Crippen molar-refractivity contribution in [2.75, 3.05) is 11.0 Å². The van der Waals surface area contributed by atoms with Crippen molar-refractivity contribution in [2.45, 2.75) is 69.4 Å². The third-order valence-corrected chi connectivity index (χ3v) is 10.3. The van der Waals surface area contributed by atoms with Gasteiger partial charge in [0, 0.05) is 41.0 Å². The predicted molar refractivity (Wildman–Crippen MR) is 190 cm³/mol. The Hall–Kier alpha value is -4.92. The molecule has 1 fully saturated rings. The number of alkyl halides is 4. The van der Waals surface area contributed by atoms with Crippen LogP contribution < -0.4 is 4.72 Å². The van der Waals surface area contributed by atoms with Gasteiger partial charge in [-0.3, -0.25) is 19.3 Å². The molecule has 55 heavy (non-hydrogen) atoms. The number of aromatic amines is 1. The molecule has 0 spiro atoms. The highest BCUT2D eigenvalue weighted by Crippen LogP contribution is 2.68. The molecule has 3 heterocycles. The van der Waals surface area contributed by atoms with E-state index in [1.165, 1.54) is 26.0 Å². The van der Waals surface area contributed by atoms with Gasteiger partial charge in [0.05, 0.1) is 27.9 Å². The highest BCUT2D eigenvalue weighted by atomic mass is 35.5. The fourth-order valence-electron chi connectivity index (χ4n) is 7.23. The van der Waals surface area contributed by atoms with E-state index in [1.54, 1.807) is 12.1 Å². The van der Waals surface area contributed by atoms with Gasteiger partial charge in [0.15, 0.2) is 11.6 Å². The zero-order valence-electron chi connectivity index (χ0n) is 29.2. The summed E-state index contributed by atoms with van der Waals surface area (Å²) in [7, 11) is -3.81. The molecular weight excluding hydrogens is 774 g/mol. The number of ketones is 1. The number of fused-ring (bicyclic) bond motifs is 4. The number of nitrogens with zero attached hydrogens (tertiary/aromatic N) is 4. The van der Waals surface area contributed by atoms with Crippen LogP contribution in [0.15, 0.2) is 42.5 Å². The van der Waals surface area contributed by atoms with Crippen LogP contribution in [0.5, 0.6) is 0 Å². The normalized spacial score (nSPS) is 17.8. The van der Waals surface area contributed by atoms with Crippen molar-refractivity contribution >= 4 is 44.1 Å². The number of aliphatic hydroxyl groups is 1. The molecule has 10 nitrogen and oxygen atoms in total. The van der Waals surface area contributed by atoms with Crippen molar-refractivity contribution in [1.29, 1.82) is 0 Å². The standard InChI is InChI=1S/C37H31ClF6N6O4S/c1-36(2,52)9-8-21-4-5-23(24-6-7-27(38)29-31(24)46-47-35(29)49-55(3,53)54)30(45-21)18(10-17-11-19(39)14-20(40)12-17)13-22(51)16-50-33-28(32(48-50)34(41)42)25-15-26(25)37(33,43)44/h4-7,11-12,14,18,25-26,34,52H,10,13,15-16H2,1-3H3,(H2,46,47,49)/t18-,25+,26-/m1/s1. The van der Waals surface area contributed by atoms with E-state index in [4.69, 9.17) is 16.6 Å². The summed E-state index contributed by atoms with van der Waals surface area (Å²) in [5, 5.41) is 21.2. The molecule has 1 saturated carbocycles. The van der Waals surface area contributed by atoms with Crippen LogP contribution in [-0.2, 0) is 33.7 Å². The first-order chi connectivity index (χ1) is 25.7. The summed E-state index contributed by atoms with van der Waals surface area (Å²) in [5.41, 5.74) is -1.94. The molecule has 2 aromatic carbocycles. The van der Waals surface area contributed by atoms with Gasteiger partial charge < -0.3 is 5.11 Å². The van der Waals surface area contributed by atoms with Crippen molar-refractivity contribution in [3.63, 3.8) is 0 Å². The van der Waals surface area contributed by atoms with Crippen molar-refractivity contribution in [2.24, 2.45) is 5.92 Å². The molecule has 5 aromatic rings. The molecule has 0 aliphatic heterocycles. The van der Waals surface area contributed by atoms with E-state index in [9.17, 15) is 35.9 Å². The van der Waals surface area contributed by atoms with Crippen LogP contribution in [0.3, 0.4) is 0 Å². The number of hydrogen-bond donors (Lipinski definition) is 3. The lowest BCUT2D eigenvalue weighted by Crippen LogP contribution is -2.24. The van der Waals surface area contributed by atoms with Crippen LogP contribution in [0.1, 0.15) is 78.9 Å². The van der Waals surface area contributed by atoms with E-state index in [-0.39, 0.29) is 57.1 Å². The summed E-state index contributed by atoms with van der Waals surface area (Å²) < 4.78 is 115.